The van der Waals surface area contributed by atoms with Crippen LogP contribution in [0.4, 0.5) is 28.7 Å². The SMILES string of the molecule is Cc1ccc(Nc2cncc(NC(=O)c3ccc(-c4cccs4)s3)c2)cc1Nc1nccc(-c2ccc(OCC(=O)O)cc2)n1. The number of carboxylic acids is 1. The van der Waals surface area contributed by atoms with E-state index in [-0.39, 0.29) is 5.91 Å². The third-order valence-corrected chi connectivity index (χ3v) is 8.68. The number of carboxylic acid groups (broad SMARTS) is 1. The number of hydrogen-bond acceptors (Lipinski definition) is 10. The van der Waals surface area contributed by atoms with Crippen LogP contribution in [0.3, 0.4) is 0 Å². The minimum atomic E-state index is -1.03. The predicted molar refractivity (Wildman–Crippen MR) is 178 cm³/mol. The Hall–Kier alpha value is -5.59. The highest BCUT2D eigenvalue weighted by atomic mass is 32.1. The zero-order chi connectivity index (χ0) is 31.2. The van der Waals surface area contributed by atoms with Crippen LogP contribution in [0.2, 0.25) is 0 Å². The number of aromatic nitrogens is 3. The summed E-state index contributed by atoms with van der Waals surface area (Å²) in [5.41, 5.74) is 5.42. The molecule has 6 aromatic rings. The molecule has 0 bridgehead atoms. The first-order valence-electron chi connectivity index (χ1n) is 13.7. The molecule has 10 nitrogen and oxygen atoms in total. The van der Waals surface area contributed by atoms with Gasteiger partial charge in [0, 0.05) is 32.9 Å². The predicted octanol–water partition coefficient (Wildman–Crippen LogP) is 7.84. The first-order valence-corrected chi connectivity index (χ1v) is 15.4. The number of carbonyl (C=O) groups excluding carboxylic acids is 1. The molecule has 0 aliphatic carbocycles. The molecule has 0 fully saturated rings. The zero-order valence-electron chi connectivity index (χ0n) is 23.9. The summed E-state index contributed by atoms with van der Waals surface area (Å²) in [5.74, 6) is -0.343. The summed E-state index contributed by atoms with van der Waals surface area (Å²) in [7, 11) is 0. The molecule has 0 spiro atoms. The molecule has 0 unspecified atom stereocenters. The molecule has 4 heterocycles. The summed E-state index contributed by atoms with van der Waals surface area (Å²) in [6.45, 7) is 1.58. The van der Waals surface area contributed by atoms with Gasteiger partial charge >= 0.3 is 5.97 Å². The maximum absolute atomic E-state index is 12.9. The summed E-state index contributed by atoms with van der Waals surface area (Å²) < 4.78 is 5.21. The summed E-state index contributed by atoms with van der Waals surface area (Å²) in [6, 6.07) is 24.4. The average molecular weight is 635 g/mol. The van der Waals surface area contributed by atoms with Crippen LogP contribution in [-0.2, 0) is 4.79 Å². The summed E-state index contributed by atoms with van der Waals surface area (Å²) in [5, 5.41) is 20.4. The minimum absolute atomic E-state index is 0.187. The van der Waals surface area contributed by atoms with Crippen molar-refractivity contribution in [3.05, 3.63) is 113 Å². The van der Waals surface area contributed by atoms with Crippen molar-refractivity contribution < 1.29 is 19.4 Å². The number of nitrogens with one attached hydrogen (secondary N) is 3. The molecule has 0 aliphatic rings. The minimum Gasteiger partial charge on any atom is -0.482 e. The van der Waals surface area contributed by atoms with Crippen LogP contribution in [0.1, 0.15) is 15.2 Å². The van der Waals surface area contributed by atoms with Crippen LogP contribution in [-0.4, -0.2) is 38.5 Å². The number of aliphatic carboxylic acids is 1. The molecule has 0 saturated carbocycles. The number of benzene rings is 2. The zero-order valence-corrected chi connectivity index (χ0v) is 25.5. The standard InChI is InChI=1S/C33H26N6O4S2/c1-20-4-7-22(16-27(20)39-33-35-13-12-26(38-33)21-5-8-25(9-6-21)43-19-31(40)41)36-23-15-24(18-34-17-23)37-32(42)30-11-10-29(45-30)28-3-2-14-44-28/h2-18,36H,19H2,1H3,(H,37,42)(H,40,41)(H,35,38,39). The topological polar surface area (TPSA) is 138 Å². The number of anilines is 5. The molecule has 45 heavy (non-hydrogen) atoms. The lowest BCUT2D eigenvalue weighted by Gasteiger charge is -2.13. The van der Waals surface area contributed by atoms with E-state index in [1.807, 2.05) is 73.0 Å². The van der Waals surface area contributed by atoms with Gasteiger partial charge in [0.1, 0.15) is 5.75 Å². The molecule has 0 aliphatic heterocycles. The number of hydrogen-bond donors (Lipinski definition) is 4. The van der Waals surface area contributed by atoms with E-state index in [1.54, 1.807) is 48.1 Å². The first kappa shape index (κ1) is 29.5. The molecule has 4 aromatic heterocycles. The van der Waals surface area contributed by atoms with Gasteiger partial charge in [0.15, 0.2) is 6.61 Å². The third kappa shape index (κ3) is 7.50. The number of ether oxygens (including phenoxy) is 1. The maximum atomic E-state index is 12.9. The molecule has 0 radical (unpaired) electrons. The second-order valence-electron chi connectivity index (χ2n) is 9.81. The Labute approximate surface area is 266 Å². The van der Waals surface area contributed by atoms with E-state index >= 15 is 0 Å². The van der Waals surface area contributed by atoms with Crippen molar-refractivity contribution in [3.63, 3.8) is 0 Å². The van der Waals surface area contributed by atoms with E-state index < -0.39 is 12.6 Å². The van der Waals surface area contributed by atoms with Crippen LogP contribution in [0.25, 0.3) is 21.0 Å². The summed E-state index contributed by atoms with van der Waals surface area (Å²) in [4.78, 5) is 39.8. The molecule has 224 valence electrons. The quantitative estimate of drug-likeness (QED) is 0.112. The van der Waals surface area contributed by atoms with Crippen molar-refractivity contribution in [2.45, 2.75) is 6.92 Å². The molecule has 2 aromatic carbocycles. The van der Waals surface area contributed by atoms with Crippen molar-refractivity contribution in [1.29, 1.82) is 0 Å². The lowest BCUT2D eigenvalue weighted by atomic mass is 10.1. The number of amides is 1. The highest BCUT2D eigenvalue weighted by molar-refractivity contribution is 7.22. The van der Waals surface area contributed by atoms with Gasteiger partial charge in [-0.1, -0.05) is 12.1 Å². The summed E-state index contributed by atoms with van der Waals surface area (Å²) in [6.07, 6.45) is 4.97. The maximum Gasteiger partial charge on any atom is 0.341 e. The Balaban J connectivity index is 1.12. The second-order valence-corrected chi connectivity index (χ2v) is 11.8. The molecule has 12 heteroatoms. The largest absolute Gasteiger partial charge is 0.482 e. The highest BCUT2D eigenvalue weighted by Gasteiger charge is 2.12. The van der Waals surface area contributed by atoms with Crippen molar-refractivity contribution in [2.75, 3.05) is 22.6 Å². The molecule has 6 rings (SSSR count). The molecule has 4 N–H and O–H groups in total. The molecular weight excluding hydrogens is 609 g/mol. The number of aryl methyl sites for hydroxylation is 1. The Morgan fingerprint density at radius 3 is 2.53 bits per heavy atom. The van der Waals surface area contributed by atoms with Gasteiger partial charge in [-0.2, -0.15) is 0 Å². The highest BCUT2D eigenvalue weighted by Crippen LogP contribution is 2.32. The third-order valence-electron chi connectivity index (χ3n) is 6.53. The molecule has 1 amide bonds. The van der Waals surface area contributed by atoms with Crippen molar-refractivity contribution in [2.24, 2.45) is 0 Å². The van der Waals surface area contributed by atoms with E-state index in [2.05, 4.69) is 30.9 Å². The van der Waals surface area contributed by atoms with Gasteiger partial charge in [-0.3, -0.25) is 9.78 Å². The average Bonchev–Trinajstić information content (AvgIpc) is 3.76. The second kappa shape index (κ2) is 13.4. The lowest BCUT2D eigenvalue weighted by molar-refractivity contribution is -0.139. The number of thiophene rings is 2. The Morgan fingerprint density at radius 2 is 1.73 bits per heavy atom. The Bertz CT molecular complexity index is 1960. The van der Waals surface area contributed by atoms with Gasteiger partial charge < -0.3 is 25.8 Å². The van der Waals surface area contributed by atoms with Crippen molar-refractivity contribution in [3.8, 4) is 26.8 Å². The van der Waals surface area contributed by atoms with Gasteiger partial charge in [-0.05, 0) is 84.6 Å². The smallest absolute Gasteiger partial charge is 0.341 e. The van der Waals surface area contributed by atoms with Crippen LogP contribution < -0.4 is 20.7 Å². The van der Waals surface area contributed by atoms with E-state index in [9.17, 15) is 9.59 Å². The lowest BCUT2D eigenvalue weighted by Crippen LogP contribution is -2.10. The molecule has 0 atom stereocenters. The fraction of sp³-hybridized carbons (Fsp3) is 0.0606. The van der Waals surface area contributed by atoms with Crippen LogP contribution in [0, 0.1) is 6.92 Å². The Kier molecular flexibility index (Phi) is 8.76. The number of rotatable bonds is 11. The van der Waals surface area contributed by atoms with E-state index in [0.717, 1.165) is 32.3 Å². The number of pyridine rings is 1. The van der Waals surface area contributed by atoms with Crippen molar-refractivity contribution >= 4 is 63.2 Å². The number of nitrogens with zero attached hydrogens (tertiary/aromatic N) is 3. The summed E-state index contributed by atoms with van der Waals surface area (Å²) >= 11 is 3.10. The van der Waals surface area contributed by atoms with Crippen LogP contribution >= 0.6 is 22.7 Å². The van der Waals surface area contributed by atoms with Gasteiger partial charge in [-0.25, -0.2) is 14.8 Å². The van der Waals surface area contributed by atoms with Gasteiger partial charge in [0.25, 0.3) is 5.91 Å². The normalized spacial score (nSPS) is 10.7. The monoisotopic (exact) mass is 634 g/mol. The van der Waals surface area contributed by atoms with Crippen LogP contribution in [0.15, 0.2) is 103 Å². The van der Waals surface area contributed by atoms with Gasteiger partial charge in [-0.15, -0.1) is 22.7 Å². The molecular formula is C33H26N6O4S2. The Morgan fingerprint density at radius 1 is 0.889 bits per heavy atom. The van der Waals surface area contributed by atoms with Crippen LogP contribution in [0.5, 0.6) is 5.75 Å². The van der Waals surface area contributed by atoms with E-state index in [4.69, 9.17) is 9.84 Å². The van der Waals surface area contributed by atoms with E-state index in [1.165, 1.54) is 11.3 Å². The number of carbonyl (C=O) groups is 2. The van der Waals surface area contributed by atoms with Gasteiger partial charge in [0.05, 0.1) is 34.3 Å². The fourth-order valence-electron chi connectivity index (χ4n) is 4.35. The van der Waals surface area contributed by atoms with Gasteiger partial charge in [0.2, 0.25) is 5.95 Å². The molecule has 0 saturated heterocycles. The first-order chi connectivity index (χ1) is 21.9. The van der Waals surface area contributed by atoms with E-state index in [0.29, 0.717) is 33.6 Å². The van der Waals surface area contributed by atoms with Crippen molar-refractivity contribution in [1.82, 2.24) is 15.0 Å². The fourth-order valence-corrected chi connectivity index (χ4v) is 6.08.